The Hall–Kier alpha value is -2.76. The van der Waals surface area contributed by atoms with Crippen LogP contribution in [0, 0.1) is 6.92 Å². The van der Waals surface area contributed by atoms with Gasteiger partial charge in [-0.2, -0.15) is 0 Å². The van der Waals surface area contributed by atoms with Gasteiger partial charge in [-0.25, -0.2) is 9.97 Å². The van der Waals surface area contributed by atoms with Gasteiger partial charge in [-0.1, -0.05) is 12.1 Å². The molecule has 3 heterocycles. The number of rotatable bonds is 3. The normalized spacial score (nSPS) is 13.8. The Morgan fingerprint density at radius 2 is 1.67 bits per heavy atom. The molecule has 124 valence electrons. The van der Waals surface area contributed by atoms with Crippen molar-refractivity contribution in [3.8, 4) is 0 Å². The lowest BCUT2D eigenvalue weighted by molar-refractivity contribution is 0.0787. The Kier molecular flexibility index (Phi) is 4.55. The standard InChI is InChI=1S/C18H20N4O2/c1-13-7-5-10-16(19-13)21(2)17(23)14-8-6-9-15(20-14)18(24)22-11-3-4-12-22/h5-10H,3-4,11-12H2,1-2H3. The topological polar surface area (TPSA) is 66.4 Å². The van der Waals surface area contributed by atoms with Crippen molar-refractivity contribution in [3.63, 3.8) is 0 Å². The first-order chi connectivity index (χ1) is 11.6. The number of anilines is 1. The van der Waals surface area contributed by atoms with Crippen LogP contribution in [-0.2, 0) is 0 Å². The average molecular weight is 324 g/mol. The minimum Gasteiger partial charge on any atom is -0.337 e. The van der Waals surface area contributed by atoms with Gasteiger partial charge in [0.1, 0.15) is 17.2 Å². The van der Waals surface area contributed by atoms with Gasteiger partial charge in [0, 0.05) is 25.8 Å². The molecule has 0 saturated carbocycles. The molecule has 0 aromatic carbocycles. The van der Waals surface area contributed by atoms with Gasteiger partial charge < -0.3 is 4.90 Å². The second-order valence-electron chi connectivity index (χ2n) is 5.91. The highest BCUT2D eigenvalue weighted by Gasteiger charge is 2.22. The number of aryl methyl sites for hydroxylation is 1. The van der Waals surface area contributed by atoms with Crippen molar-refractivity contribution in [3.05, 3.63) is 53.5 Å². The predicted molar refractivity (Wildman–Crippen MR) is 91.1 cm³/mol. The summed E-state index contributed by atoms with van der Waals surface area (Å²) in [7, 11) is 1.65. The highest BCUT2D eigenvalue weighted by atomic mass is 16.2. The maximum Gasteiger partial charge on any atom is 0.277 e. The maximum absolute atomic E-state index is 12.7. The zero-order valence-electron chi connectivity index (χ0n) is 13.9. The summed E-state index contributed by atoms with van der Waals surface area (Å²) in [6.45, 7) is 3.38. The van der Waals surface area contributed by atoms with E-state index in [0.29, 0.717) is 11.5 Å². The van der Waals surface area contributed by atoms with Crippen LogP contribution in [0.25, 0.3) is 0 Å². The lowest BCUT2D eigenvalue weighted by Crippen LogP contribution is -2.31. The monoisotopic (exact) mass is 324 g/mol. The molecule has 1 aliphatic heterocycles. The van der Waals surface area contributed by atoms with Gasteiger partial charge in [0.15, 0.2) is 0 Å². The fraction of sp³-hybridized carbons (Fsp3) is 0.333. The average Bonchev–Trinajstić information content (AvgIpc) is 3.14. The first-order valence-corrected chi connectivity index (χ1v) is 8.04. The van der Waals surface area contributed by atoms with Gasteiger partial charge in [0.05, 0.1) is 0 Å². The molecule has 0 bridgehead atoms. The Labute approximate surface area is 141 Å². The summed E-state index contributed by atoms with van der Waals surface area (Å²) in [6, 6.07) is 10.5. The van der Waals surface area contributed by atoms with E-state index in [-0.39, 0.29) is 17.5 Å². The van der Waals surface area contributed by atoms with Gasteiger partial charge >= 0.3 is 0 Å². The van der Waals surface area contributed by atoms with Crippen molar-refractivity contribution < 1.29 is 9.59 Å². The molecule has 6 nitrogen and oxygen atoms in total. The Morgan fingerprint density at radius 1 is 1.00 bits per heavy atom. The fourth-order valence-corrected chi connectivity index (χ4v) is 2.75. The number of aromatic nitrogens is 2. The Bertz CT molecular complexity index is 769. The minimum atomic E-state index is -0.288. The van der Waals surface area contributed by atoms with Gasteiger partial charge in [0.25, 0.3) is 11.8 Å². The highest BCUT2D eigenvalue weighted by Crippen LogP contribution is 2.15. The second-order valence-corrected chi connectivity index (χ2v) is 5.91. The molecule has 24 heavy (non-hydrogen) atoms. The summed E-state index contributed by atoms with van der Waals surface area (Å²) in [5.74, 6) is 0.153. The second kappa shape index (κ2) is 6.78. The van der Waals surface area contributed by atoms with Crippen molar-refractivity contribution in [1.29, 1.82) is 0 Å². The molecule has 1 aliphatic rings. The molecule has 0 unspecified atom stereocenters. The SMILES string of the molecule is Cc1cccc(N(C)C(=O)c2cccc(C(=O)N3CCCC3)n2)n1. The number of pyridine rings is 2. The molecule has 0 atom stereocenters. The van der Waals surface area contributed by atoms with Crippen molar-refractivity contribution >= 4 is 17.6 Å². The number of likely N-dealkylation sites (tertiary alicyclic amines) is 1. The quantitative estimate of drug-likeness (QED) is 0.869. The van der Waals surface area contributed by atoms with Gasteiger partial charge in [-0.15, -0.1) is 0 Å². The van der Waals surface area contributed by atoms with Gasteiger partial charge in [0.2, 0.25) is 0 Å². The summed E-state index contributed by atoms with van der Waals surface area (Å²) in [4.78, 5) is 36.9. The molecular weight excluding hydrogens is 304 g/mol. The van der Waals surface area contributed by atoms with Crippen LogP contribution in [0.5, 0.6) is 0 Å². The molecule has 2 aromatic rings. The van der Waals surface area contributed by atoms with E-state index in [1.54, 1.807) is 36.2 Å². The van der Waals surface area contributed by atoms with Crippen LogP contribution >= 0.6 is 0 Å². The zero-order valence-corrected chi connectivity index (χ0v) is 13.9. The van der Waals surface area contributed by atoms with E-state index in [4.69, 9.17) is 0 Å². The number of nitrogens with zero attached hydrogens (tertiary/aromatic N) is 4. The maximum atomic E-state index is 12.7. The van der Waals surface area contributed by atoms with E-state index in [1.807, 2.05) is 19.1 Å². The fourth-order valence-electron chi connectivity index (χ4n) is 2.75. The predicted octanol–water partition coefficient (Wildman–Crippen LogP) is 2.30. The summed E-state index contributed by atoms with van der Waals surface area (Å²) < 4.78 is 0. The number of amides is 2. The summed E-state index contributed by atoms with van der Waals surface area (Å²) in [5.41, 5.74) is 1.39. The van der Waals surface area contributed by atoms with Crippen molar-refractivity contribution in [1.82, 2.24) is 14.9 Å². The van der Waals surface area contributed by atoms with Gasteiger partial charge in [-0.05, 0) is 44.0 Å². The number of hydrogen-bond donors (Lipinski definition) is 0. The van der Waals surface area contributed by atoms with Crippen molar-refractivity contribution in [2.45, 2.75) is 19.8 Å². The van der Waals surface area contributed by atoms with Crippen LogP contribution in [-0.4, -0.2) is 46.8 Å². The van der Waals surface area contributed by atoms with E-state index in [9.17, 15) is 9.59 Å². The van der Waals surface area contributed by atoms with Crippen LogP contribution in [0.4, 0.5) is 5.82 Å². The molecule has 2 amide bonds. The molecule has 0 N–H and O–H groups in total. The summed E-state index contributed by atoms with van der Waals surface area (Å²) in [5, 5.41) is 0. The highest BCUT2D eigenvalue weighted by molar-refractivity contribution is 6.04. The molecule has 0 aliphatic carbocycles. The molecule has 2 aromatic heterocycles. The minimum absolute atomic E-state index is 0.113. The van der Waals surface area contributed by atoms with Crippen LogP contribution in [0.2, 0.25) is 0 Å². The van der Waals surface area contributed by atoms with Crippen LogP contribution < -0.4 is 4.90 Å². The van der Waals surface area contributed by atoms with Crippen molar-refractivity contribution in [2.75, 3.05) is 25.0 Å². The van der Waals surface area contributed by atoms with E-state index in [0.717, 1.165) is 31.6 Å². The molecule has 0 radical (unpaired) electrons. The third-order valence-corrected chi connectivity index (χ3v) is 4.10. The first kappa shape index (κ1) is 16.1. The number of carbonyl (C=O) groups is 2. The number of hydrogen-bond acceptors (Lipinski definition) is 4. The molecule has 1 fully saturated rings. The summed E-state index contributed by atoms with van der Waals surface area (Å²) >= 11 is 0. The first-order valence-electron chi connectivity index (χ1n) is 8.04. The lowest BCUT2D eigenvalue weighted by Gasteiger charge is -2.17. The van der Waals surface area contributed by atoms with Gasteiger partial charge in [-0.3, -0.25) is 14.5 Å². The van der Waals surface area contributed by atoms with E-state index in [2.05, 4.69) is 9.97 Å². The molecule has 6 heteroatoms. The third kappa shape index (κ3) is 3.27. The van der Waals surface area contributed by atoms with E-state index in [1.165, 1.54) is 4.90 Å². The molecule has 3 rings (SSSR count). The van der Waals surface area contributed by atoms with E-state index >= 15 is 0 Å². The smallest absolute Gasteiger partial charge is 0.277 e. The van der Waals surface area contributed by atoms with E-state index < -0.39 is 0 Å². The zero-order chi connectivity index (χ0) is 17.1. The molecular formula is C18H20N4O2. The van der Waals surface area contributed by atoms with Crippen LogP contribution in [0.1, 0.15) is 39.5 Å². The third-order valence-electron chi connectivity index (χ3n) is 4.10. The van der Waals surface area contributed by atoms with Crippen LogP contribution in [0.3, 0.4) is 0 Å². The Balaban J connectivity index is 1.82. The summed E-state index contributed by atoms with van der Waals surface area (Å²) in [6.07, 6.45) is 2.04. The molecule has 1 saturated heterocycles. The molecule has 0 spiro atoms. The Morgan fingerprint density at radius 3 is 2.38 bits per heavy atom. The largest absolute Gasteiger partial charge is 0.337 e. The van der Waals surface area contributed by atoms with Crippen molar-refractivity contribution in [2.24, 2.45) is 0 Å². The van der Waals surface area contributed by atoms with Crippen LogP contribution in [0.15, 0.2) is 36.4 Å². The number of carbonyl (C=O) groups excluding carboxylic acids is 2. The lowest BCUT2D eigenvalue weighted by atomic mass is 10.2.